The second-order valence-corrected chi connectivity index (χ2v) is 5.61. The Morgan fingerprint density at radius 2 is 2.17 bits per heavy atom. The predicted molar refractivity (Wildman–Crippen MR) is 58.9 cm³/mol. The van der Waals surface area contributed by atoms with Crippen molar-refractivity contribution < 1.29 is 0 Å². The summed E-state index contributed by atoms with van der Waals surface area (Å²) in [6, 6.07) is 0. The van der Waals surface area contributed by atoms with Gasteiger partial charge < -0.3 is 0 Å². The maximum Gasteiger partial charge on any atom is 0.0218 e. The topological polar surface area (TPSA) is 0 Å². The van der Waals surface area contributed by atoms with Crippen LogP contribution in [0.1, 0.15) is 20.3 Å². The van der Waals surface area contributed by atoms with E-state index in [1.165, 1.54) is 15.4 Å². The van der Waals surface area contributed by atoms with Gasteiger partial charge in [0.1, 0.15) is 0 Å². The summed E-state index contributed by atoms with van der Waals surface area (Å²) in [6.45, 7) is 4.51. The summed E-state index contributed by atoms with van der Waals surface area (Å²) in [5, 5.41) is 0. The van der Waals surface area contributed by atoms with Crippen molar-refractivity contribution in [2.45, 2.75) is 20.3 Å². The third-order valence-electron chi connectivity index (χ3n) is 2.04. The molecular weight excluding hydrogens is 184 g/mol. The first-order chi connectivity index (χ1) is 5.77. The van der Waals surface area contributed by atoms with E-state index >= 15 is 0 Å². The Kier molecular flexibility index (Phi) is 2.37. The highest BCUT2D eigenvalue weighted by Crippen LogP contribution is 2.48. The van der Waals surface area contributed by atoms with Crippen LogP contribution in [0.25, 0.3) is 0 Å². The summed E-state index contributed by atoms with van der Waals surface area (Å²) in [6.07, 6.45) is 7.98. The van der Waals surface area contributed by atoms with E-state index in [4.69, 9.17) is 0 Å². The zero-order valence-electron chi connectivity index (χ0n) is 7.33. The molecule has 0 spiro atoms. The summed E-state index contributed by atoms with van der Waals surface area (Å²) in [5.74, 6) is 0.678. The number of hydrogen-bond donors (Lipinski definition) is 0. The van der Waals surface area contributed by atoms with Crippen molar-refractivity contribution in [2.75, 3.05) is 0 Å². The first-order valence-corrected chi connectivity index (χ1v) is 6.38. The molecule has 0 amide bonds. The Labute approximate surface area is 81.6 Å². The van der Waals surface area contributed by atoms with Gasteiger partial charge in [-0.25, -0.2) is 0 Å². The molecule has 2 heteroatoms. The summed E-state index contributed by atoms with van der Waals surface area (Å²) < 4.78 is 0. The minimum Gasteiger partial charge on any atom is -0.0789 e. The summed E-state index contributed by atoms with van der Waals surface area (Å²) in [4.78, 5) is 2.98. The molecule has 12 heavy (non-hydrogen) atoms. The van der Waals surface area contributed by atoms with Crippen molar-refractivity contribution >= 4 is 21.6 Å². The van der Waals surface area contributed by atoms with Gasteiger partial charge in [-0.1, -0.05) is 47.6 Å². The summed E-state index contributed by atoms with van der Waals surface area (Å²) >= 11 is 0. The van der Waals surface area contributed by atoms with Crippen LogP contribution in [0, 0.1) is 5.92 Å². The smallest absolute Gasteiger partial charge is 0.0218 e. The van der Waals surface area contributed by atoms with Crippen LogP contribution in [0.4, 0.5) is 0 Å². The van der Waals surface area contributed by atoms with Crippen LogP contribution in [0.2, 0.25) is 0 Å². The van der Waals surface area contributed by atoms with E-state index in [9.17, 15) is 0 Å². The molecule has 0 unspecified atom stereocenters. The van der Waals surface area contributed by atoms with Crippen LogP contribution in [-0.2, 0) is 0 Å². The Balaban J connectivity index is 2.24. The molecule has 1 aliphatic heterocycles. The molecule has 0 aromatic carbocycles. The molecule has 0 N–H and O–H groups in total. The Morgan fingerprint density at radius 1 is 1.33 bits per heavy atom. The van der Waals surface area contributed by atoms with Gasteiger partial charge in [0.05, 0.1) is 0 Å². The lowest BCUT2D eigenvalue weighted by atomic mass is 10.1. The van der Waals surface area contributed by atoms with Crippen molar-refractivity contribution in [1.82, 2.24) is 0 Å². The highest BCUT2D eigenvalue weighted by atomic mass is 33.1. The lowest BCUT2D eigenvalue weighted by molar-refractivity contribution is 0.816. The molecule has 0 aromatic heterocycles. The van der Waals surface area contributed by atoms with Crippen LogP contribution in [0.3, 0.4) is 0 Å². The largest absolute Gasteiger partial charge is 0.0789 e. The molecule has 0 saturated carbocycles. The van der Waals surface area contributed by atoms with Crippen molar-refractivity contribution in [3.05, 3.63) is 33.6 Å². The second kappa shape index (κ2) is 3.35. The summed E-state index contributed by atoms with van der Waals surface area (Å²) in [5.41, 5.74) is 1.52. The fourth-order valence-electron chi connectivity index (χ4n) is 1.26. The second-order valence-electron chi connectivity index (χ2n) is 3.36. The van der Waals surface area contributed by atoms with Crippen LogP contribution < -0.4 is 0 Å². The maximum absolute atomic E-state index is 2.36. The lowest BCUT2D eigenvalue weighted by Crippen LogP contribution is -1.92. The number of rotatable bonds is 1. The van der Waals surface area contributed by atoms with Gasteiger partial charge in [-0.2, -0.15) is 0 Å². The van der Waals surface area contributed by atoms with E-state index in [1.807, 2.05) is 21.6 Å². The van der Waals surface area contributed by atoms with Gasteiger partial charge in [-0.15, -0.1) is 0 Å². The van der Waals surface area contributed by atoms with Crippen molar-refractivity contribution in [3.8, 4) is 0 Å². The molecule has 2 rings (SSSR count). The molecule has 64 valence electrons. The predicted octanol–water partition coefficient (Wildman–Crippen LogP) is 4.14. The SMILES string of the molecule is CC(C)C1=CC2=C(C=CC2)SS1. The third kappa shape index (κ3) is 1.50. The molecule has 0 atom stereocenters. The zero-order valence-corrected chi connectivity index (χ0v) is 8.97. The van der Waals surface area contributed by atoms with Crippen molar-refractivity contribution in [2.24, 2.45) is 5.92 Å². The van der Waals surface area contributed by atoms with E-state index in [1.54, 1.807) is 0 Å². The standard InChI is InChI=1S/C10H12S2/c1-7(2)10-6-8-4-3-5-9(8)11-12-10/h3,5-7H,4H2,1-2H3. The molecule has 0 aromatic rings. The van der Waals surface area contributed by atoms with Gasteiger partial charge in [0.25, 0.3) is 0 Å². The first-order valence-electron chi connectivity index (χ1n) is 4.23. The van der Waals surface area contributed by atoms with E-state index in [2.05, 4.69) is 32.1 Å². The molecule has 2 aliphatic rings. The Morgan fingerprint density at radius 3 is 2.92 bits per heavy atom. The number of allylic oxidation sites excluding steroid dienone is 5. The van der Waals surface area contributed by atoms with Crippen molar-refractivity contribution in [3.63, 3.8) is 0 Å². The molecule has 0 radical (unpaired) electrons. The first kappa shape index (κ1) is 8.52. The van der Waals surface area contributed by atoms with Gasteiger partial charge >= 0.3 is 0 Å². The van der Waals surface area contributed by atoms with Gasteiger partial charge in [-0.3, -0.25) is 0 Å². The average molecular weight is 196 g/mol. The van der Waals surface area contributed by atoms with Crippen LogP contribution in [0.15, 0.2) is 33.6 Å². The Hall–Kier alpha value is -0.0800. The minimum absolute atomic E-state index is 0.678. The monoisotopic (exact) mass is 196 g/mol. The van der Waals surface area contributed by atoms with Crippen LogP contribution >= 0.6 is 21.6 Å². The molecule has 0 fully saturated rings. The van der Waals surface area contributed by atoms with Gasteiger partial charge in [-0.05, 0) is 28.9 Å². The molecule has 0 bridgehead atoms. The fourth-order valence-corrected chi connectivity index (χ4v) is 4.00. The third-order valence-corrected chi connectivity index (χ3v) is 4.85. The zero-order chi connectivity index (χ0) is 8.55. The minimum atomic E-state index is 0.678. The highest BCUT2D eigenvalue weighted by molar-refractivity contribution is 8.79. The highest BCUT2D eigenvalue weighted by Gasteiger charge is 2.17. The van der Waals surface area contributed by atoms with E-state index in [0.717, 1.165) is 6.42 Å². The van der Waals surface area contributed by atoms with Gasteiger partial charge in [0, 0.05) is 4.91 Å². The van der Waals surface area contributed by atoms with E-state index in [0.29, 0.717) is 5.92 Å². The van der Waals surface area contributed by atoms with Crippen LogP contribution in [-0.4, -0.2) is 0 Å². The quantitative estimate of drug-likeness (QED) is 0.578. The van der Waals surface area contributed by atoms with Crippen molar-refractivity contribution in [1.29, 1.82) is 0 Å². The molecule has 1 aliphatic carbocycles. The van der Waals surface area contributed by atoms with Gasteiger partial charge in [0.2, 0.25) is 0 Å². The fraction of sp³-hybridized carbons (Fsp3) is 0.400. The maximum atomic E-state index is 2.36. The molecule has 1 heterocycles. The van der Waals surface area contributed by atoms with E-state index < -0.39 is 0 Å². The Bertz CT molecular complexity index is 282. The summed E-state index contributed by atoms with van der Waals surface area (Å²) in [7, 11) is 3.83. The average Bonchev–Trinajstić information content (AvgIpc) is 2.49. The van der Waals surface area contributed by atoms with Gasteiger partial charge in [0.15, 0.2) is 0 Å². The normalized spacial score (nSPS) is 21.8. The molecule has 0 saturated heterocycles. The molecule has 0 nitrogen and oxygen atoms in total. The van der Waals surface area contributed by atoms with E-state index in [-0.39, 0.29) is 0 Å². The lowest BCUT2D eigenvalue weighted by Gasteiger charge is -2.16. The number of hydrogen-bond acceptors (Lipinski definition) is 2. The van der Waals surface area contributed by atoms with Crippen LogP contribution in [0.5, 0.6) is 0 Å². The molecular formula is C10H12S2.